The van der Waals surface area contributed by atoms with Crippen molar-refractivity contribution >= 4 is 31.6 Å². The van der Waals surface area contributed by atoms with Crippen LogP contribution in [0.3, 0.4) is 0 Å². The number of primary sulfonamides is 1. The second-order valence-electron chi connectivity index (χ2n) is 3.52. The molecule has 0 heterocycles. The first kappa shape index (κ1) is 15.9. The molecule has 0 unspecified atom stereocenters. The summed E-state index contributed by atoms with van der Waals surface area (Å²) in [5, 5.41) is 13.4. The molecule has 1 aromatic carbocycles. The van der Waals surface area contributed by atoms with Crippen LogP contribution in [0.5, 0.6) is 0 Å². The van der Waals surface area contributed by atoms with E-state index in [4.69, 9.17) is 22.0 Å². The Hall–Kier alpha value is -1.18. The standard InChI is InChI=1S/C9H10ClN3O4S2/c10-8-2-1-7(6-11)5-9(8)19(16,17)13-3-4-18(12,14)15/h1-2,5,13H,3-4H2,(H2,12,14,15). The van der Waals surface area contributed by atoms with Gasteiger partial charge in [-0.05, 0) is 18.2 Å². The molecule has 0 bridgehead atoms. The molecular formula is C9H10ClN3O4S2. The van der Waals surface area contributed by atoms with Crippen LogP contribution in [0.25, 0.3) is 0 Å². The molecule has 1 rings (SSSR count). The molecule has 3 N–H and O–H groups in total. The summed E-state index contributed by atoms with van der Waals surface area (Å²) in [4.78, 5) is -0.289. The summed E-state index contributed by atoms with van der Waals surface area (Å²) in [6.45, 7) is -0.381. The average molecular weight is 324 g/mol. The summed E-state index contributed by atoms with van der Waals surface area (Å²) in [6, 6.07) is 5.52. The van der Waals surface area contributed by atoms with Crippen LogP contribution < -0.4 is 9.86 Å². The summed E-state index contributed by atoms with van der Waals surface area (Å²) in [5.74, 6) is -0.540. The van der Waals surface area contributed by atoms with Gasteiger partial charge in [0.2, 0.25) is 20.0 Å². The van der Waals surface area contributed by atoms with Gasteiger partial charge in [-0.1, -0.05) is 11.6 Å². The van der Waals surface area contributed by atoms with Gasteiger partial charge >= 0.3 is 0 Å². The van der Waals surface area contributed by atoms with E-state index in [2.05, 4.69) is 0 Å². The predicted octanol–water partition coefficient (Wildman–Crippen LogP) is -0.222. The van der Waals surface area contributed by atoms with Gasteiger partial charge in [0.25, 0.3) is 0 Å². The number of hydrogen-bond donors (Lipinski definition) is 2. The maximum atomic E-state index is 11.9. The molecule has 0 aromatic heterocycles. The number of halogens is 1. The number of rotatable bonds is 5. The molecule has 0 fully saturated rings. The lowest BCUT2D eigenvalue weighted by atomic mass is 10.2. The third-order valence-electron chi connectivity index (χ3n) is 2.03. The molecule has 19 heavy (non-hydrogen) atoms. The zero-order valence-corrected chi connectivity index (χ0v) is 11.9. The van der Waals surface area contributed by atoms with Gasteiger partial charge in [0.05, 0.1) is 22.4 Å². The smallest absolute Gasteiger partial charge is 0.229 e. The van der Waals surface area contributed by atoms with Crippen molar-refractivity contribution in [3.63, 3.8) is 0 Å². The number of nitrogens with one attached hydrogen (secondary N) is 1. The van der Waals surface area contributed by atoms with E-state index in [9.17, 15) is 16.8 Å². The van der Waals surface area contributed by atoms with Crippen LogP contribution in [0.1, 0.15) is 5.56 Å². The highest BCUT2D eigenvalue weighted by molar-refractivity contribution is 7.90. The molecule has 7 nitrogen and oxygen atoms in total. The Labute approximate surface area is 116 Å². The predicted molar refractivity (Wildman–Crippen MR) is 69.3 cm³/mol. The van der Waals surface area contributed by atoms with Crippen LogP contribution in [0.15, 0.2) is 23.1 Å². The molecule has 10 heteroatoms. The maximum Gasteiger partial charge on any atom is 0.242 e. The van der Waals surface area contributed by atoms with Gasteiger partial charge in [-0.25, -0.2) is 26.7 Å². The lowest BCUT2D eigenvalue weighted by molar-refractivity contribution is 0.581. The zero-order valence-electron chi connectivity index (χ0n) is 9.50. The topological polar surface area (TPSA) is 130 Å². The van der Waals surface area contributed by atoms with Crippen LogP contribution in [0.4, 0.5) is 0 Å². The van der Waals surface area contributed by atoms with Crippen molar-refractivity contribution < 1.29 is 16.8 Å². The first-order valence-electron chi connectivity index (χ1n) is 4.85. The van der Waals surface area contributed by atoms with Gasteiger partial charge in [-0.15, -0.1) is 0 Å². The van der Waals surface area contributed by atoms with Crippen molar-refractivity contribution in [3.8, 4) is 6.07 Å². The fourth-order valence-corrected chi connectivity index (χ4v) is 3.25. The van der Waals surface area contributed by atoms with Gasteiger partial charge in [0.15, 0.2) is 0 Å². The number of sulfonamides is 2. The summed E-state index contributed by atoms with van der Waals surface area (Å²) in [5.41, 5.74) is 0.122. The lowest BCUT2D eigenvalue weighted by Crippen LogP contribution is -2.31. The molecule has 0 atom stereocenters. The minimum Gasteiger partial charge on any atom is -0.229 e. The highest BCUT2D eigenvalue weighted by Gasteiger charge is 2.18. The molecule has 104 valence electrons. The van der Waals surface area contributed by atoms with E-state index < -0.39 is 25.8 Å². The fraction of sp³-hybridized carbons (Fsp3) is 0.222. The summed E-state index contributed by atoms with van der Waals surface area (Å²) in [6.07, 6.45) is 0. The first-order valence-corrected chi connectivity index (χ1v) is 8.43. The van der Waals surface area contributed by atoms with Crippen LogP contribution in [0, 0.1) is 11.3 Å². The van der Waals surface area contributed by atoms with E-state index in [0.717, 1.165) is 6.07 Å². The Morgan fingerprint density at radius 2 is 1.95 bits per heavy atom. The van der Waals surface area contributed by atoms with E-state index in [1.165, 1.54) is 12.1 Å². The average Bonchev–Trinajstić information content (AvgIpc) is 2.27. The largest absolute Gasteiger partial charge is 0.242 e. The van der Waals surface area contributed by atoms with Crippen LogP contribution in [-0.2, 0) is 20.0 Å². The van der Waals surface area contributed by atoms with Crippen LogP contribution >= 0.6 is 11.6 Å². The Morgan fingerprint density at radius 3 is 2.47 bits per heavy atom. The Balaban J connectivity index is 2.98. The van der Waals surface area contributed by atoms with Crippen molar-refractivity contribution in [2.24, 2.45) is 5.14 Å². The van der Waals surface area contributed by atoms with Crippen molar-refractivity contribution in [1.29, 1.82) is 5.26 Å². The van der Waals surface area contributed by atoms with E-state index in [0.29, 0.717) is 0 Å². The summed E-state index contributed by atoms with van der Waals surface area (Å²) < 4.78 is 47.2. The highest BCUT2D eigenvalue weighted by Crippen LogP contribution is 2.22. The molecule has 0 aliphatic carbocycles. The molecule has 0 radical (unpaired) electrons. The lowest BCUT2D eigenvalue weighted by Gasteiger charge is -2.08. The number of hydrogen-bond acceptors (Lipinski definition) is 5. The Bertz CT molecular complexity index is 722. The van der Waals surface area contributed by atoms with E-state index in [1.54, 1.807) is 6.07 Å². The number of nitrogens with zero attached hydrogens (tertiary/aromatic N) is 1. The quantitative estimate of drug-likeness (QED) is 0.773. The van der Waals surface area contributed by atoms with Gasteiger partial charge in [-0.2, -0.15) is 5.26 Å². The third-order valence-corrected chi connectivity index (χ3v) is 4.74. The Morgan fingerprint density at radius 1 is 1.32 bits per heavy atom. The van der Waals surface area contributed by atoms with Gasteiger partial charge in [0, 0.05) is 6.54 Å². The molecule has 0 amide bonds. The molecule has 1 aromatic rings. The Kier molecular flexibility index (Phi) is 4.89. The second-order valence-corrected chi connectivity index (χ2v) is 7.40. The molecule has 0 saturated heterocycles. The SMILES string of the molecule is N#Cc1ccc(Cl)c(S(=O)(=O)NCCS(N)(=O)=O)c1. The van der Waals surface area contributed by atoms with E-state index >= 15 is 0 Å². The maximum absolute atomic E-state index is 11.9. The van der Waals surface area contributed by atoms with Crippen molar-refractivity contribution in [2.75, 3.05) is 12.3 Å². The van der Waals surface area contributed by atoms with Crippen molar-refractivity contribution in [2.45, 2.75) is 4.90 Å². The molecule has 0 spiro atoms. The van der Waals surface area contributed by atoms with Gasteiger partial charge in [-0.3, -0.25) is 0 Å². The van der Waals surface area contributed by atoms with Crippen molar-refractivity contribution in [3.05, 3.63) is 28.8 Å². The molecule has 0 aliphatic heterocycles. The highest BCUT2D eigenvalue weighted by atomic mass is 35.5. The third kappa shape index (κ3) is 4.77. The number of benzene rings is 1. The first-order chi connectivity index (χ1) is 8.65. The van der Waals surface area contributed by atoms with E-state index in [1.807, 2.05) is 4.72 Å². The molecular weight excluding hydrogens is 314 g/mol. The van der Waals surface area contributed by atoms with E-state index in [-0.39, 0.29) is 22.0 Å². The van der Waals surface area contributed by atoms with Gasteiger partial charge in [0.1, 0.15) is 4.90 Å². The summed E-state index contributed by atoms with van der Waals surface area (Å²) >= 11 is 5.74. The van der Waals surface area contributed by atoms with Crippen LogP contribution in [0.2, 0.25) is 5.02 Å². The number of nitrogens with two attached hydrogens (primary N) is 1. The number of nitriles is 1. The van der Waals surface area contributed by atoms with Crippen LogP contribution in [-0.4, -0.2) is 29.1 Å². The summed E-state index contributed by atoms with van der Waals surface area (Å²) in [7, 11) is -7.76. The zero-order chi connectivity index (χ0) is 14.7. The minimum absolute atomic E-state index is 0.0675. The normalized spacial score (nSPS) is 12.1. The monoisotopic (exact) mass is 323 g/mol. The fourth-order valence-electron chi connectivity index (χ4n) is 1.17. The van der Waals surface area contributed by atoms with Gasteiger partial charge < -0.3 is 0 Å². The van der Waals surface area contributed by atoms with Crippen molar-refractivity contribution in [1.82, 2.24) is 4.72 Å². The minimum atomic E-state index is -4.00. The molecule has 0 aliphatic rings. The second kappa shape index (κ2) is 5.85. The molecule has 0 saturated carbocycles.